The summed E-state index contributed by atoms with van der Waals surface area (Å²) in [6.45, 7) is 3.44. The summed E-state index contributed by atoms with van der Waals surface area (Å²) in [5, 5.41) is 14.3. The SMILES string of the molecule is CC(C)OC(=O)CC(NC(=O)c1ccc(C2SCCS2)cc1)c1ccccc1[N+](=O)[O-]. The minimum absolute atomic E-state index is 0.157. The average molecular weight is 461 g/mol. The van der Waals surface area contributed by atoms with E-state index in [0.717, 1.165) is 17.1 Å². The Balaban J connectivity index is 1.81. The van der Waals surface area contributed by atoms with E-state index in [4.69, 9.17) is 4.74 Å². The van der Waals surface area contributed by atoms with Gasteiger partial charge in [0.1, 0.15) is 0 Å². The number of nitro benzene ring substituents is 1. The first kappa shape index (κ1) is 23.1. The van der Waals surface area contributed by atoms with Crippen molar-refractivity contribution in [1.29, 1.82) is 0 Å². The molecule has 0 saturated carbocycles. The molecular weight excluding hydrogens is 436 g/mol. The van der Waals surface area contributed by atoms with E-state index in [0.29, 0.717) is 10.1 Å². The predicted molar refractivity (Wildman–Crippen MR) is 123 cm³/mol. The Hall–Kier alpha value is -2.52. The molecule has 2 aromatic rings. The molecule has 0 spiro atoms. The van der Waals surface area contributed by atoms with Crippen LogP contribution in [0.2, 0.25) is 0 Å². The van der Waals surface area contributed by atoms with Crippen molar-refractivity contribution in [2.75, 3.05) is 11.5 Å². The van der Waals surface area contributed by atoms with E-state index in [9.17, 15) is 19.7 Å². The van der Waals surface area contributed by atoms with E-state index >= 15 is 0 Å². The van der Waals surface area contributed by atoms with Crippen LogP contribution < -0.4 is 5.32 Å². The van der Waals surface area contributed by atoms with Crippen LogP contribution in [0.5, 0.6) is 0 Å². The Morgan fingerprint density at radius 1 is 1.13 bits per heavy atom. The predicted octanol–water partition coefficient (Wildman–Crippen LogP) is 4.89. The molecule has 7 nitrogen and oxygen atoms in total. The maximum Gasteiger partial charge on any atom is 0.308 e. The number of nitro groups is 1. The van der Waals surface area contributed by atoms with E-state index < -0.39 is 22.8 Å². The third kappa shape index (κ3) is 6.24. The summed E-state index contributed by atoms with van der Waals surface area (Å²) in [6, 6.07) is 12.5. The fraction of sp³-hybridized carbons (Fsp3) is 0.364. The summed E-state index contributed by atoms with van der Waals surface area (Å²) in [7, 11) is 0. The molecule has 9 heteroatoms. The minimum atomic E-state index is -0.888. The standard InChI is InChI=1S/C22H24N2O5S2/c1-14(2)29-20(25)13-18(17-5-3-4-6-19(17)24(27)28)23-21(26)15-7-9-16(10-8-15)22-30-11-12-31-22/h3-10,14,18,22H,11-13H2,1-2H3,(H,23,26). The number of nitrogens with zero attached hydrogens (tertiary/aromatic N) is 1. The van der Waals surface area contributed by atoms with Gasteiger partial charge in [-0.3, -0.25) is 19.7 Å². The maximum absolute atomic E-state index is 12.9. The number of carbonyl (C=O) groups excluding carboxylic acids is 2. The molecule has 2 aromatic carbocycles. The second-order valence-electron chi connectivity index (χ2n) is 7.28. The van der Waals surface area contributed by atoms with Crippen molar-refractivity contribution < 1.29 is 19.2 Å². The summed E-state index contributed by atoms with van der Waals surface area (Å²) in [6.07, 6.45) is -0.532. The molecule has 1 aliphatic rings. The highest BCUT2D eigenvalue weighted by Gasteiger charge is 2.27. The number of amides is 1. The molecule has 0 radical (unpaired) electrons. The lowest BCUT2D eigenvalue weighted by molar-refractivity contribution is -0.385. The van der Waals surface area contributed by atoms with Gasteiger partial charge in [0.25, 0.3) is 11.6 Å². The molecule has 31 heavy (non-hydrogen) atoms. The quantitative estimate of drug-likeness (QED) is 0.340. The molecule has 1 unspecified atom stereocenters. The van der Waals surface area contributed by atoms with Crippen LogP contribution >= 0.6 is 23.5 Å². The van der Waals surface area contributed by atoms with Crippen molar-refractivity contribution >= 4 is 41.1 Å². The molecule has 1 N–H and O–H groups in total. The van der Waals surface area contributed by atoms with Crippen molar-refractivity contribution in [3.05, 3.63) is 75.3 Å². The number of hydrogen-bond donors (Lipinski definition) is 1. The summed E-state index contributed by atoms with van der Waals surface area (Å²) < 4.78 is 5.58. The van der Waals surface area contributed by atoms with Crippen LogP contribution in [0.3, 0.4) is 0 Å². The number of hydrogen-bond acceptors (Lipinski definition) is 7. The van der Waals surface area contributed by atoms with Gasteiger partial charge in [0.15, 0.2) is 0 Å². The zero-order valence-electron chi connectivity index (χ0n) is 17.3. The highest BCUT2D eigenvalue weighted by atomic mass is 32.2. The molecular formula is C22H24N2O5S2. The summed E-state index contributed by atoms with van der Waals surface area (Å²) >= 11 is 3.76. The summed E-state index contributed by atoms with van der Waals surface area (Å²) in [5.74, 6) is 1.28. The molecule has 1 amide bonds. The number of benzene rings is 2. The van der Waals surface area contributed by atoms with Crippen molar-refractivity contribution in [2.45, 2.75) is 37.0 Å². The van der Waals surface area contributed by atoms with Crippen LogP contribution in [0.15, 0.2) is 48.5 Å². The number of thioether (sulfide) groups is 2. The van der Waals surface area contributed by atoms with Crippen molar-refractivity contribution in [2.24, 2.45) is 0 Å². The third-order valence-corrected chi connectivity index (χ3v) is 7.72. The number of rotatable bonds is 8. The summed E-state index contributed by atoms with van der Waals surface area (Å²) in [4.78, 5) is 36.1. The van der Waals surface area contributed by atoms with Gasteiger partial charge in [-0.25, -0.2) is 0 Å². The highest BCUT2D eigenvalue weighted by molar-refractivity contribution is 8.19. The van der Waals surface area contributed by atoms with Crippen LogP contribution in [-0.2, 0) is 9.53 Å². The Kier molecular flexibility index (Phi) is 7.97. The van der Waals surface area contributed by atoms with Crippen LogP contribution in [-0.4, -0.2) is 34.4 Å². The zero-order valence-corrected chi connectivity index (χ0v) is 18.9. The molecule has 1 aliphatic heterocycles. The van der Waals surface area contributed by atoms with E-state index in [-0.39, 0.29) is 23.8 Å². The normalized spacial score (nSPS) is 14.9. The molecule has 0 aliphatic carbocycles. The van der Waals surface area contributed by atoms with Crippen LogP contribution in [0, 0.1) is 10.1 Å². The lowest BCUT2D eigenvalue weighted by atomic mass is 10.0. The van der Waals surface area contributed by atoms with E-state index in [1.807, 2.05) is 35.7 Å². The first-order valence-corrected chi connectivity index (χ1v) is 12.0. The zero-order chi connectivity index (χ0) is 22.4. The monoisotopic (exact) mass is 460 g/mol. The van der Waals surface area contributed by atoms with E-state index in [1.165, 1.54) is 6.07 Å². The first-order chi connectivity index (χ1) is 14.8. The Morgan fingerprint density at radius 3 is 2.39 bits per heavy atom. The second kappa shape index (κ2) is 10.7. The maximum atomic E-state index is 12.9. The van der Waals surface area contributed by atoms with E-state index in [2.05, 4.69) is 5.32 Å². The molecule has 0 bridgehead atoms. The van der Waals surface area contributed by atoms with Crippen LogP contribution in [0.25, 0.3) is 0 Å². The van der Waals surface area contributed by atoms with Gasteiger partial charge in [0.05, 0.1) is 33.6 Å². The topological polar surface area (TPSA) is 98.5 Å². The third-order valence-electron chi connectivity index (χ3n) is 4.62. The van der Waals surface area contributed by atoms with Gasteiger partial charge in [-0.15, -0.1) is 23.5 Å². The van der Waals surface area contributed by atoms with Crippen molar-refractivity contribution in [3.63, 3.8) is 0 Å². The Bertz CT molecular complexity index is 943. The van der Waals surface area contributed by atoms with Gasteiger partial charge in [0, 0.05) is 23.1 Å². The number of carbonyl (C=O) groups is 2. The van der Waals surface area contributed by atoms with Gasteiger partial charge in [-0.2, -0.15) is 0 Å². The Labute approximate surface area is 189 Å². The van der Waals surface area contributed by atoms with Crippen LogP contribution in [0.4, 0.5) is 5.69 Å². The van der Waals surface area contributed by atoms with Gasteiger partial charge in [-0.1, -0.05) is 30.3 Å². The van der Waals surface area contributed by atoms with Crippen LogP contribution in [0.1, 0.15) is 52.4 Å². The lowest BCUT2D eigenvalue weighted by Gasteiger charge is -2.19. The molecule has 1 heterocycles. The molecule has 0 aromatic heterocycles. The summed E-state index contributed by atoms with van der Waals surface area (Å²) in [5.41, 5.74) is 1.69. The number of nitrogens with one attached hydrogen (secondary N) is 1. The fourth-order valence-corrected chi connectivity index (χ4v) is 6.11. The highest BCUT2D eigenvalue weighted by Crippen LogP contribution is 2.45. The molecule has 1 saturated heterocycles. The number of esters is 1. The second-order valence-corrected chi connectivity index (χ2v) is 10.0. The largest absolute Gasteiger partial charge is 0.463 e. The number of ether oxygens (including phenoxy) is 1. The lowest BCUT2D eigenvalue weighted by Crippen LogP contribution is -2.31. The average Bonchev–Trinajstić information content (AvgIpc) is 3.27. The van der Waals surface area contributed by atoms with Gasteiger partial charge >= 0.3 is 5.97 Å². The van der Waals surface area contributed by atoms with Crippen molar-refractivity contribution in [3.8, 4) is 0 Å². The molecule has 164 valence electrons. The van der Waals surface area contributed by atoms with E-state index in [1.54, 1.807) is 44.2 Å². The van der Waals surface area contributed by atoms with Gasteiger partial charge in [-0.05, 0) is 31.5 Å². The smallest absolute Gasteiger partial charge is 0.308 e. The molecule has 1 atom stereocenters. The van der Waals surface area contributed by atoms with Gasteiger partial charge in [0.2, 0.25) is 0 Å². The fourth-order valence-electron chi connectivity index (χ4n) is 3.25. The first-order valence-electron chi connectivity index (χ1n) is 9.92. The Morgan fingerprint density at radius 2 is 1.77 bits per heavy atom. The van der Waals surface area contributed by atoms with Gasteiger partial charge < -0.3 is 10.1 Å². The number of para-hydroxylation sites is 1. The van der Waals surface area contributed by atoms with Crippen molar-refractivity contribution in [1.82, 2.24) is 5.32 Å². The minimum Gasteiger partial charge on any atom is -0.463 e. The molecule has 3 rings (SSSR count). The molecule has 1 fully saturated rings.